The van der Waals surface area contributed by atoms with Crippen molar-refractivity contribution in [2.75, 3.05) is 0 Å². The summed E-state index contributed by atoms with van der Waals surface area (Å²) in [6, 6.07) is 5.52. The molecule has 0 aromatic carbocycles. The zero-order valence-electron chi connectivity index (χ0n) is 7.29. The minimum Gasteiger partial charge on any atom is -0.388 e. The largest absolute Gasteiger partial charge is 0.388 e. The highest BCUT2D eigenvalue weighted by atomic mass is 32.1. The molecule has 70 valence electrons. The molecule has 2 aromatic heterocycles. The van der Waals surface area contributed by atoms with Crippen LogP contribution in [0.5, 0.6) is 0 Å². The lowest BCUT2D eigenvalue weighted by Crippen LogP contribution is -2.15. The number of pyridine rings is 1. The first-order chi connectivity index (χ1) is 6.79. The van der Waals surface area contributed by atoms with Crippen molar-refractivity contribution in [1.82, 2.24) is 14.8 Å². The maximum atomic E-state index is 5.55. The molecule has 0 aliphatic rings. The van der Waals surface area contributed by atoms with Crippen LogP contribution in [0.4, 0.5) is 0 Å². The summed E-state index contributed by atoms with van der Waals surface area (Å²) in [5, 5.41) is 4.09. The Hall–Kier alpha value is -1.75. The number of hydrogen-bond acceptors (Lipinski definition) is 3. The molecule has 2 aromatic rings. The number of rotatable bonds is 2. The second-order valence-electron chi connectivity index (χ2n) is 2.69. The van der Waals surface area contributed by atoms with Gasteiger partial charge in [0.1, 0.15) is 10.7 Å². The van der Waals surface area contributed by atoms with Gasteiger partial charge in [-0.15, -0.1) is 0 Å². The minimum atomic E-state index is 0.274. The van der Waals surface area contributed by atoms with Crippen LogP contribution in [0.3, 0.4) is 0 Å². The van der Waals surface area contributed by atoms with Gasteiger partial charge in [-0.1, -0.05) is 12.2 Å². The third kappa shape index (κ3) is 1.49. The fourth-order valence-electron chi connectivity index (χ4n) is 1.18. The van der Waals surface area contributed by atoms with Crippen molar-refractivity contribution < 1.29 is 0 Å². The molecule has 0 spiro atoms. The van der Waals surface area contributed by atoms with E-state index in [9.17, 15) is 0 Å². The van der Waals surface area contributed by atoms with Crippen LogP contribution in [0.2, 0.25) is 0 Å². The molecule has 4 nitrogen and oxygen atoms in total. The number of hydrogen-bond donors (Lipinski definition) is 1. The zero-order chi connectivity index (χ0) is 9.97. The lowest BCUT2D eigenvalue weighted by atomic mass is 10.3. The Bertz CT molecular complexity index is 450. The van der Waals surface area contributed by atoms with Gasteiger partial charge in [-0.2, -0.15) is 5.10 Å². The summed E-state index contributed by atoms with van der Waals surface area (Å²) >= 11 is 4.90. The van der Waals surface area contributed by atoms with Crippen LogP contribution in [-0.2, 0) is 0 Å². The Morgan fingerprint density at radius 3 is 2.86 bits per heavy atom. The molecular formula is C9H8N4S. The van der Waals surface area contributed by atoms with E-state index in [2.05, 4.69) is 10.1 Å². The normalized spacial score (nSPS) is 10.0. The van der Waals surface area contributed by atoms with Crippen LogP contribution in [0.1, 0.15) is 5.69 Å². The molecule has 0 fully saturated rings. The molecule has 2 rings (SSSR count). The molecule has 5 heteroatoms. The molecule has 0 unspecified atom stereocenters. The van der Waals surface area contributed by atoms with Crippen LogP contribution in [0.15, 0.2) is 36.8 Å². The molecule has 0 atom stereocenters. The number of nitrogens with two attached hydrogens (primary N) is 1. The molecule has 0 saturated heterocycles. The monoisotopic (exact) mass is 204 g/mol. The summed E-state index contributed by atoms with van der Waals surface area (Å²) in [7, 11) is 0. The van der Waals surface area contributed by atoms with Gasteiger partial charge in [0.2, 0.25) is 0 Å². The van der Waals surface area contributed by atoms with E-state index in [4.69, 9.17) is 18.0 Å². The Labute approximate surface area is 86.4 Å². The van der Waals surface area contributed by atoms with Gasteiger partial charge in [0, 0.05) is 18.6 Å². The molecule has 2 heterocycles. The topological polar surface area (TPSA) is 56.7 Å². The fraction of sp³-hybridized carbons (Fsp3) is 0. The maximum Gasteiger partial charge on any atom is 0.124 e. The van der Waals surface area contributed by atoms with E-state index >= 15 is 0 Å². The quantitative estimate of drug-likeness (QED) is 0.738. The van der Waals surface area contributed by atoms with E-state index < -0.39 is 0 Å². The predicted molar refractivity (Wildman–Crippen MR) is 57.2 cm³/mol. The van der Waals surface area contributed by atoms with Crippen molar-refractivity contribution in [3.05, 3.63) is 42.5 Å². The van der Waals surface area contributed by atoms with Crippen molar-refractivity contribution in [1.29, 1.82) is 0 Å². The number of thiocarbonyl (C=S) groups is 1. The third-order valence-electron chi connectivity index (χ3n) is 1.77. The van der Waals surface area contributed by atoms with E-state index in [1.165, 1.54) is 0 Å². The minimum absolute atomic E-state index is 0.274. The molecule has 2 N–H and O–H groups in total. The Balaban J connectivity index is 2.58. The first kappa shape index (κ1) is 8.83. The van der Waals surface area contributed by atoms with Crippen molar-refractivity contribution >= 4 is 17.2 Å². The summed E-state index contributed by atoms with van der Waals surface area (Å²) in [4.78, 5) is 4.38. The van der Waals surface area contributed by atoms with Gasteiger partial charge >= 0.3 is 0 Å². The summed E-state index contributed by atoms with van der Waals surface area (Å²) in [5.74, 6) is 0. The maximum absolute atomic E-state index is 5.55. The van der Waals surface area contributed by atoms with Crippen LogP contribution >= 0.6 is 12.2 Å². The van der Waals surface area contributed by atoms with Crippen LogP contribution < -0.4 is 5.73 Å². The highest BCUT2D eigenvalue weighted by Gasteiger charge is 2.07. The second-order valence-corrected chi connectivity index (χ2v) is 3.13. The fourth-order valence-corrected chi connectivity index (χ4v) is 1.34. The molecule has 0 aliphatic heterocycles. The Kier molecular flexibility index (Phi) is 2.24. The first-order valence-electron chi connectivity index (χ1n) is 4.04. The number of nitrogens with zero attached hydrogens (tertiary/aromatic N) is 3. The van der Waals surface area contributed by atoms with Crippen molar-refractivity contribution in [2.24, 2.45) is 5.73 Å². The van der Waals surface area contributed by atoms with Crippen molar-refractivity contribution in [3.63, 3.8) is 0 Å². The predicted octanol–water partition coefficient (Wildman–Crippen LogP) is 0.901. The average molecular weight is 204 g/mol. The van der Waals surface area contributed by atoms with E-state index in [1.54, 1.807) is 17.1 Å². The van der Waals surface area contributed by atoms with Gasteiger partial charge in [-0.25, -0.2) is 4.68 Å². The number of aromatic nitrogens is 3. The van der Waals surface area contributed by atoms with Gasteiger partial charge in [0.15, 0.2) is 0 Å². The van der Waals surface area contributed by atoms with Gasteiger partial charge < -0.3 is 5.73 Å². The van der Waals surface area contributed by atoms with Crippen LogP contribution in [0, 0.1) is 0 Å². The smallest absolute Gasteiger partial charge is 0.124 e. The van der Waals surface area contributed by atoms with Gasteiger partial charge in [-0.05, 0) is 18.2 Å². The second kappa shape index (κ2) is 3.55. The van der Waals surface area contributed by atoms with Crippen molar-refractivity contribution in [2.45, 2.75) is 0 Å². The molecule has 0 aliphatic carbocycles. The highest BCUT2D eigenvalue weighted by molar-refractivity contribution is 7.80. The van der Waals surface area contributed by atoms with E-state index in [0.29, 0.717) is 5.69 Å². The molecule has 0 saturated carbocycles. The summed E-state index contributed by atoms with van der Waals surface area (Å²) < 4.78 is 1.68. The van der Waals surface area contributed by atoms with Crippen molar-refractivity contribution in [3.8, 4) is 5.69 Å². The van der Waals surface area contributed by atoms with Gasteiger partial charge in [0.05, 0.1) is 5.69 Å². The highest BCUT2D eigenvalue weighted by Crippen LogP contribution is 2.09. The van der Waals surface area contributed by atoms with E-state index in [1.807, 2.05) is 24.4 Å². The van der Waals surface area contributed by atoms with Crippen LogP contribution in [0.25, 0.3) is 5.69 Å². The summed E-state index contributed by atoms with van der Waals surface area (Å²) in [6.45, 7) is 0. The third-order valence-corrected chi connectivity index (χ3v) is 1.96. The zero-order valence-corrected chi connectivity index (χ0v) is 8.11. The van der Waals surface area contributed by atoms with Gasteiger partial charge in [-0.3, -0.25) is 4.98 Å². The first-order valence-corrected chi connectivity index (χ1v) is 4.44. The van der Waals surface area contributed by atoms with E-state index in [-0.39, 0.29) is 4.99 Å². The Morgan fingerprint density at radius 1 is 1.36 bits per heavy atom. The summed E-state index contributed by atoms with van der Waals surface area (Å²) in [6.07, 6.45) is 5.16. The van der Waals surface area contributed by atoms with Gasteiger partial charge in [0.25, 0.3) is 0 Å². The van der Waals surface area contributed by atoms with E-state index in [0.717, 1.165) is 5.69 Å². The lowest BCUT2D eigenvalue weighted by molar-refractivity contribution is 0.871. The molecule has 0 amide bonds. The molecule has 0 bridgehead atoms. The lowest BCUT2D eigenvalue weighted by Gasteiger charge is -2.05. The molecular weight excluding hydrogens is 196 g/mol. The molecule has 14 heavy (non-hydrogen) atoms. The van der Waals surface area contributed by atoms with Crippen LogP contribution in [-0.4, -0.2) is 19.8 Å². The Morgan fingerprint density at radius 2 is 2.21 bits per heavy atom. The molecule has 0 radical (unpaired) electrons. The summed E-state index contributed by atoms with van der Waals surface area (Å²) in [5.41, 5.74) is 6.93. The average Bonchev–Trinajstić information content (AvgIpc) is 2.70. The standard InChI is InChI=1S/C9H8N4S/c10-9(14)8-7(3-1-4-11-8)13-6-2-5-12-13/h1-6H,(H2,10,14). The SMILES string of the molecule is NC(=S)c1ncccc1-n1cccn1.